The van der Waals surface area contributed by atoms with Gasteiger partial charge in [0.1, 0.15) is 5.75 Å². The first-order valence-electron chi connectivity index (χ1n) is 6.95. The van der Waals surface area contributed by atoms with Gasteiger partial charge in [0.15, 0.2) is 6.61 Å². The van der Waals surface area contributed by atoms with Crippen LogP contribution in [-0.2, 0) is 9.59 Å². The fourth-order valence-electron chi connectivity index (χ4n) is 2.36. The molecule has 5 nitrogen and oxygen atoms in total. The van der Waals surface area contributed by atoms with Crippen molar-refractivity contribution in [3.63, 3.8) is 0 Å². The molecule has 6 heteroatoms. The summed E-state index contributed by atoms with van der Waals surface area (Å²) in [5, 5.41) is 3.24. The minimum atomic E-state index is -0.0515. The summed E-state index contributed by atoms with van der Waals surface area (Å²) in [5.74, 6) is 0.828. The second-order valence-electron chi connectivity index (χ2n) is 5.11. The summed E-state index contributed by atoms with van der Waals surface area (Å²) in [5.41, 5.74) is 0. The van der Waals surface area contributed by atoms with Crippen LogP contribution in [0.5, 0.6) is 5.75 Å². The van der Waals surface area contributed by atoms with Gasteiger partial charge in [0.05, 0.1) is 0 Å². The monoisotopic (exact) mass is 310 g/mol. The molecule has 0 saturated carbocycles. The molecule has 2 amide bonds. The van der Waals surface area contributed by atoms with Crippen molar-refractivity contribution in [2.45, 2.75) is 12.8 Å². The molecular weight excluding hydrogens is 292 g/mol. The van der Waals surface area contributed by atoms with Crippen LogP contribution < -0.4 is 10.1 Å². The molecule has 1 aliphatic heterocycles. The van der Waals surface area contributed by atoms with Gasteiger partial charge in [-0.1, -0.05) is 11.6 Å². The van der Waals surface area contributed by atoms with Gasteiger partial charge in [0.2, 0.25) is 5.91 Å². The van der Waals surface area contributed by atoms with Crippen molar-refractivity contribution in [2.24, 2.45) is 5.92 Å². The summed E-state index contributed by atoms with van der Waals surface area (Å²) >= 11 is 5.78. The molecule has 1 heterocycles. The quantitative estimate of drug-likeness (QED) is 0.900. The van der Waals surface area contributed by atoms with Crippen LogP contribution in [0.15, 0.2) is 24.3 Å². The summed E-state index contributed by atoms with van der Waals surface area (Å²) in [6.45, 7) is 1.31. The largest absolute Gasteiger partial charge is 0.484 e. The molecule has 0 spiro atoms. The number of nitrogens with zero attached hydrogens (tertiary/aromatic N) is 1. The molecule has 0 aliphatic carbocycles. The van der Waals surface area contributed by atoms with E-state index in [1.54, 1.807) is 36.2 Å². The molecule has 0 aromatic heterocycles. The van der Waals surface area contributed by atoms with Crippen molar-refractivity contribution in [3.8, 4) is 5.75 Å². The molecule has 0 bridgehead atoms. The molecule has 114 valence electrons. The van der Waals surface area contributed by atoms with E-state index in [1.165, 1.54) is 0 Å². The lowest BCUT2D eigenvalue weighted by molar-refractivity contribution is -0.132. The smallest absolute Gasteiger partial charge is 0.260 e. The zero-order valence-electron chi connectivity index (χ0n) is 12.0. The van der Waals surface area contributed by atoms with Crippen molar-refractivity contribution < 1.29 is 14.3 Å². The molecular formula is C15H19ClN2O3. The molecule has 0 unspecified atom stereocenters. The topological polar surface area (TPSA) is 58.6 Å². The van der Waals surface area contributed by atoms with E-state index >= 15 is 0 Å². The van der Waals surface area contributed by atoms with E-state index in [0.717, 1.165) is 6.42 Å². The van der Waals surface area contributed by atoms with Gasteiger partial charge in [-0.05, 0) is 36.6 Å². The molecule has 2 rings (SSSR count). The summed E-state index contributed by atoms with van der Waals surface area (Å²) in [4.78, 5) is 25.1. The molecule has 0 radical (unpaired) electrons. The van der Waals surface area contributed by atoms with E-state index in [2.05, 4.69) is 5.32 Å². The Balaban J connectivity index is 1.76. The van der Waals surface area contributed by atoms with Crippen LogP contribution in [0.3, 0.4) is 0 Å². The van der Waals surface area contributed by atoms with Crippen molar-refractivity contribution in [1.29, 1.82) is 0 Å². The number of amides is 2. The Kier molecular flexibility index (Phi) is 5.44. The number of carbonyl (C=O) groups excluding carboxylic acids is 2. The Bertz CT molecular complexity index is 504. The molecule has 1 aromatic rings. The predicted octanol–water partition coefficient (Wildman–Crippen LogP) is 1.70. The lowest BCUT2D eigenvalue weighted by Crippen LogP contribution is -2.33. The van der Waals surface area contributed by atoms with Gasteiger partial charge in [-0.25, -0.2) is 0 Å². The van der Waals surface area contributed by atoms with Crippen molar-refractivity contribution in [2.75, 3.05) is 26.7 Å². The summed E-state index contributed by atoms with van der Waals surface area (Å²) in [6.07, 6.45) is 1.33. The second kappa shape index (κ2) is 7.31. The highest BCUT2D eigenvalue weighted by Gasteiger charge is 2.27. The van der Waals surface area contributed by atoms with Gasteiger partial charge in [0, 0.05) is 31.6 Å². The number of hydrogen-bond acceptors (Lipinski definition) is 3. The minimum absolute atomic E-state index is 0.00826. The van der Waals surface area contributed by atoms with Crippen LogP contribution in [0.2, 0.25) is 5.02 Å². The lowest BCUT2D eigenvalue weighted by Gasteiger charge is -2.16. The molecule has 1 saturated heterocycles. The summed E-state index contributed by atoms with van der Waals surface area (Å²) < 4.78 is 5.44. The third-order valence-electron chi connectivity index (χ3n) is 3.57. The Labute approximate surface area is 129 Å². The van der Waals surface area contributed by atoms with Gasteiger partial charge in [0.25, 0.3) is 5.91 Å². The Morgan fingerprint density at radius 3 is 2.76 bits per heavy atom. The van der Waals surface area contributed by atoms with E-state index in [9.17, 15) is 9.59 Å². The average Bonchev–Trinajstić information content (AvgIpc) is 2.94. The number of likely N-dealkylation sites (tertiary alicyclic amines) is 1. The molecule has 1 atom stereocenters. The molecule has 1 N–H and O–H groups in total. The Morgan fingerprint density at radius 1 is 1.38 bits per heavy atom. The number of halogens is 1. The highest BCUT2D eigenvalue weighted by molar-refractivity contribution is 6.30. The number of nitrogens with one attached hydrogen (secondary N) is 1. The van der Waals surface area contributed by atoms with Gasteiger partial charge in [-0.3, -0.25) is 9.59 Å². The average molecular weight is 311 g/mol. The van der Waals surface area contributed by atoms with E-state index in [0.29, 0.717) is 30.3 Å². The van der Waals surface area contributed by atoms with Crippen LogP contribution in [0.4, 0.5) is 0 Å². The lowest BCUT2D eigenvalue weighted by atomic mass is 10.1. The fraction of sp³-hybridized carbons (Fsp3) is 0.467. The highest BCUT2D eigenvalue weighted by atomic mass is 35.5. The van der Waals surface area contributed by atoms with Crippen molar-refractivity contribution in [3.05, 3.63) is 29.3 Å². The first-order chi connectivity index (χ1) is 10.1. The zero-order valence-corrected chi connectivity index (χ0v) is 12.7. The highest BCUT2D eigenvalue weighted by Crippen LogP contribution is 2.20. The third kappa shape index (κ3) is 4.63. The SMILES string of the molecule is CNC(=O)C[C@@H]1CCN(C(=O)COc2ccc(Cl)cc2)C1. The van der Waals surface area contributed by atoms with E-state index in [4.69, 9.17) is 16.3 Å². The van der Waals surface area contributed by atoms with Gasteiger partial charge < -0.3 is 15.0 Å². The normalized spacial score (nSPS) is 17.6. The molecule has 21 heavy (non-hydrogen) atoms. The standard InChI is InChI=1S/C15H19ClN2O3/c1-17-14(19)8-11-6-7-18(9-11)15(20)10-21-13-4-2-12(16)3-5-13/h2-5,11H,6-10H2,1H3,(H,17,19)/t11-/m0/s1. The maximum Gasteiger partial charge on any atom is 0.260 e. The fourth-order valence-corrected chi connectivity index (χ4v) is 2.48. The molecule has 1 aromatic carbocycles. The molecule has 1 aliphatic rings. The van der Waals surface area contributed by atoms with E-state index in [1.807, 2.05) is 0 Å². The van der Waals surface area contributed by atoms with Crippen molar-refractivity contribution in [1.82, 2.24) is 10.2 Å². The molecule has 1 fully saturated rings. The number of hydrogen-bond donors (Lipinski definition) is 1. The minimum Gasteiger partial charge on any atom is -0.484 e. The first-order valence-corrected chi connectivity index (χ1v) is 7.33. The second-order valence-corrected chi connectivity index (χ2v) is 5.55. The number of carbonyl (C=O) groups is 2. The van der Waals surface area contributed by atoms with Gasteiger partial charge in [-0.2, -0.15) is 0 Å². The van der Waals surface area contributed by atoms with E-state index < -0.39 is 0 Å². The maximum absolute atomic E-state index is 12.1. The third-order valence-corrected chi connectivity index (χ3v) is 3.82. The number of benzene rings is 1. The van der Waals surface area contributed by atoms with Crippen LogP contribution in [0.1, 0.15) is 12.8 Å². The number of ether oxygens (including phenoxy) is 1. The Morgan fingerprint density at radius 2 is 2.10 bits per heavy atom. The van der Waals surface area contributed by atoms with Gasteiger partial charge >= 0.3 is 0 Å². The van der Waals surface area contributed by atoms with Gasteiger partial charge in [-0.15, -0.1) is 0 Å². The van der Waals surface area contributed by atoms with Crippen LogP contribution in [0.25, 0.3) is 0 Å². The summed E-state index contributed by atoms with van der Waals surface area (Å²) in [7, 11) is 1.63. The number of rotatable bonds is 5. The summed E-state index contributed by atoms with van der Waals surface area (Å²) in [6, 6.07) is 6.90. The van der Waals surface area contributed by atoms with Crippen LogP contribution in [0, 0.1) is 5.92 Å². The Hall–Kier alpha value is -1.75. The maximum atomic E-state index is 12.1. The predicted molar refractivity (Wildman–Crippen MR) is 80.3 cm³/mol. The van der Waals surface area contributed by atoms with Crippen LogP contribution in [-0.4, -0.2) is 43.5 Å². The zero-order chi connectivity index (χ0) is 15.2. The van der Waals surface area contributed by atoms with E-state index in [-0.39, 0.29) is 24.3 Å². The van der Waals surface area contributed by atoms with Crippen LogP contribution >= 0.6 is 11.6 Å². The van der Waals surface area contributed by atoms with Crippen molar-refractivity contribution >= 4 is 23.4 Å². The first kappa shape index (κ1) is 15.6.